The van der Waals surface area contributed by atoms with E-state index in [1.54, 1.807) is 54.1 Å². The van der Waals surface area contributed by atoms with Crippen molar-refractivity contribution in [3.63, 3.8) is 0 Å². The molecule has 0 saturated carbocycles. The lowest BCUT2D eigenvalue weighted by Crippen LogP contribution is -2.35. The molecule has 0 fully saturated rings. The van der Waals surface area contributed by atoms with Gasteiger partial charge in [0.2, 0.25) is 0 Å². The van der Waals surface area contributed by atoms with Crippen LogP contribution in [0, 0.1) is 5.82 Å². The molecule has 0 unspecified atom stereocenters. The quantitative estimate of drug-likeness (QED) is 0.432. The molecule has 2 aromatic carbocycles. The van der Waals surface area contributed by atoms with Gasteiger partial charge in [-0.3, -0.25) is 10.1 Å². The Kier molecular flexibility index (Phi) is 7.45. The summed E-state index contributed by atoms with van der Waals surface area (Å²) in [6.45, 7) is 2.30. The highest BCUT2D eigenvalue weighted by atomic mass is 32.1. The largest absolute Gasteiger partial charge is 0.462 e. The second-order valence-corrected chi connectivity index (χ2v) is 6.91. The minimum absolute atomic E-state index is 0.0166. The molecule has 7 nitrogen and oxygen atoms in total. The highest BCUT2D eigenvalue weighted by Crippen LogP contribution is 2.18. The monoisotopic (exact) mass is 440 g/mol. The molecule has 0 aliphatic heterocycles. The molecule has 0 atom stereocenters. The topological polar surface area (TPSA) is 85.2 Å². The number of carbonyl (C=O) groups is 2. The second-order valence-electron chi connectivity index (χ2n) is 6.50. The van der Waals surface area contributed by atoms with E-state index in [2.05, 4.69) is 15.7 Å². The minimum Gasteiger partial charge on any atom is -0.462 e. The summed E-state index contributed by atoms with van der Waals surface area (Å²) in [7, 11) is 0. The number of aryl methyl sites for hydroxylation is 2. The Balaban J connectivity index is 1.76. The fraction of sp³-hybridized carbons (Fsp3) is 0.182. The summed E-state index contributed by atoms with van der Waals surface area (Å²) < 4.78 is 19.8. The van der Waals surface area contributed by atoms with Gasteiger partial charge in [0, 0.05) is 12.1 Å². The van der Waals surface area contributed by atoms with Gasteiger partial charge >= 0.3 is 5.97 Å². The van der Waals surface area contributed by atoms with Crippen molar-refractivity contribution in [3.05, 3.63) is 83.3 Å². The second kappa shape index (κ2) is 10.4. The van der Waals surface area contributed by atoms with Gasteiger partial charge in [0.15, 0.2) is 5.11 Å². The number of ether oxygens (including phenoxy) is 1. The Labute approximate surface area is 184 Å². The third-order valence-corrected chi connectivity index (χ3v) is 4.56. The lowest BCUT2D eigenvalue weighted by molar-refractivity contribution is 0.0527. The van der Waals surface area contributed by atoms with Gasteiger partial charge in [-0.05, 0) is 55.4 Å². The first-order valence-corrected chi connectivity index (χ1v) is 10.0. The van der Waals surface area contributed by atoms with Gasteiger partial charge in [0.25, 0.3) is 5.91 Å². The van der Waals surface area contributed by atoms with Gasteiger partial charge in [0.1, 0.15) is 17.2 Å². The van der Waals surface area contributed by atoms with Crippen molar-refractivity contribution in [1.29, 1.82) is 0 Å². The van der Waals surface area contributed by atoms with E-state index in [4.69, 9.17) is 17.0 Å². The molecule has 0 bridgehead atoms. The van der Waals surface area contributed by atoms with Crippen molar-refractivity contribution in [2.75, 3.05) is 11.9 Å². The van der Waals surface area contributed by atoms with Gasteiger partial charge < -0.3 is 10.1 Å². The smallest absolute Gasteiger partial charge is 0.343 e. The number of hydrogen-bond acceptors (Lipinski definition) is 5. The first-order valence-electron chi connectivity index (χ1n) is 9.62. The van der Waals surface area contributed by atoms with Crippen molar-refractivity contribution < 1.29 is 18.7 Å². The van der Waals surface area contributed by atoms with Crippen molar-refractivity contribution in [3.8, 4) is 0 Å². The molecule has 2 N–H and O–H groups in total. The molecule has 1 amide bonds. The van der Waals surface area contributed by atoms with Crippen LogP contribution in [0.15, 0.2) is 60.8 Å². The molecule has 160 valence electrons. The summed E-state index contributed by atoms with van der Waals surface area (Å²) in [5.41, 5.74) is 1.54. The van der Waals surface area contributed by atoms with Crippen LogP contribution >= 0.6 is 12.2 Å². The number of thiocarbonyl (C=S) groups is 1. The average molecular weight is 441 g/mol. The molecule has 0 aliphatic carbocycles. The van der Waals surface area contributed by atoms with Gasteiger partial charge in [-0.25, -0.2) is 13.9 Å². The third-order valence-electron chi connectivity index (χ3n) is 4.36. The molecular formula is C22H21FN4O3S. The summed E-state index contributed by atoms with van der Waals surface area (Å²) in [6, 6.07) is 14.8. The summed E-state index contributed by atoms with van der Waals surface area (Å²) in [5, 5.41) is 9.74. The minimum atomic E-state index is -0.560. The zero-order valence-electron chi connectivity index (χ0n) is 16.8. The van der Waals surface area contributed by atoms with Gasteiger partial charge in [-0.15, -0.1) is 0 Å². The van der Waals surface area contributed by atoms with E-state index in [-0.39, 0.29) is 29.0 Å². The summed E-state index contributed by atoms with van der Waals surface area (Å²) in [5.74, 6) is -0.948. The molecule has 1 aromatic heterocycles. The first kappa shape index (κ1) is 22.1. The molecule has 0 aliphatic rings. The van der Waals surface area contributed by atoms with Crippen molar-refractivity contribution in [2.24, 2.45) is 0 Å². The molecule has 3 rings (SSSR count). The number of carbonyl (C=O) groups excluding carboxylic acids is 2. The number of aromatic nitrogens is 2. The van der Waals surface area contributed by atoms with Crippen LogP contribution in [0.1, 0.15) is 33.2 Å². The maximum absolute atomic E-state index is 13.1. The molecule has 9 heteroatoms. The Bertz CT molecular complexity index is 1070. The zero-order valence-corrected chi connectivity index (χ0v) is 17.6. The van der Waals surface area contributed by atoms with Crippen LogP contribution in [0.3, 0.4) is 0 Å². The SMILES string of the molecule is CCOC(=O)c1cnn(CCc2ccc(F)cc2)c1NC(=S)NC(=O)c1ccccc1. The van der Waals surface area contributed by atoms with Crippen LogP contribution < -0.4 is 10.6 Å². The number of benzene rings is 2. The van der Waals surface area contributed by atoms with Gasteiger partial charge in [-0.2, -0.15) is 5.10 Å². The number of esters is 1. The van der Waals surface area contributed by atoms with Crippen LogP contribution in [0.2, 0.25) is 0 Å². The molecule has 0 saturated heterocycles. The molecular weight excluding hydrogens is 419 g/mol. The summed E-state index contributed by atoms with van der Waals surface area (Å²) in [4.78, 5) is 24.7. The normalized spacial score (nSPS) is 10.4. The fourth-order valence-electron chi connectivity index (χ4n) is 2.83. The fourth-order valence-corrected chi connectivity index (χ4v) is 3.02. The zero-order chi connectivity index (χ0) is 22.2. The Morgan fingerprint density at radius 3 is 2.52 bits per heavy atom. The Morgan fingerprint density at radius 2 is 1.84 bits per heavy atom. The Hall–Kier alpha value is -3.59. The van der Waals surface area contributed by atoms with E-state index in [0.29, 0.717) is 24.3 Å². The van der Waals surface area contributed by atoms with Crippen LogP contribution in [0.5, 0.6) is 0 Å². The Morgan fingerprint density at radius 1 is 1.13 bits per heavy atom. The van der Waals surface area contributed by atoms with Crippen LogP contribution in [-0.4, -0.2) is 33.4 Å². The first-order chi connectivity index (χ1) is 15.0. The summed E-state index contributed by atoms with van der Waals surface area (Å²) in [6.07, 6.45) is 1.93. The predicted octanol–water partition coefficient (Wildman–Crippen LogP) is 3.57. The van der Waals surface area contributed by atoms with E-state index >= 15 is 0 Å². The van der Waals surface area contributed by atoms with Crippen molar-refractivity contribution in [2.45, 2.75) is 19.9 Å². The van der Waals surface area contributed by atoms with E-state index in [0.717, 1.165) is 5.56 Å². The molecule has 3 aromatic rings. The van der Waals surface area contributed by atoms with Crippen LogP contribution in [0.25, 0.3) is 0 Å². The maximum Gasteiger partial charge on any atom is 0.343 e. The standard InChI is InChI=1S/C22H21FN4O3S/c1-2-30-21(29)18-14-24-27(13-12-15-8-10-17(23)11-9-15)19(18)25-22(31)26-20(28)16-6-4-3-5-7-16/h3-11,14H,2,12-13H2,1H3,(H2,25,26,28,31). The number of rotatable bonds is 7. The molecule has 0 spiro atoms. The van der Waals surface area contributed by atoms with Crippen molar-refractivity contribution >= 4 is 35.0 Å². The number of nitrogens with one attached hydrogen (secondary N) is 2. The highest BCUT2D eigenvalue weighted by molar-refractivity contribution is 7.80. The molecule has 0 radical (unpaired) electrons. The number of nitrogens with zero attached hydrogens (tertiary/aromatic N) is 2. The third kappa shape index (κ3) is 5.95. The number of anilines is 1. The van der Waals surface area contributed by atoms with E-state index < -0.39 is 5.97 Å². The van der Waals surface area contributed by atoms with E-state index in [1.165, 1.54) is 18.3 Å². The van der Waals surface area contributed by atoms with Gasteiger partial charge in [0.05, 0.1) is 12.8 Å². The molecule has 1 heterocycles. The lowest BCUT2D eigenvalue weighted by atomic mass is 10.1. The van der Waals surface area contributed by atoms with Crippen molar-refractivity contribution in [1.82, 2.24) is 15.1 Å². The van der Waals surface area contributed by atoms with Gasteiger partial charge in [-0.1, -0.05) is 30.3 Å². The molecule has 31 heavy (non-hydrogen) atoms. The highest BCUT2D eigenvalue weighted by Gasteiger charge is 2.20. The van der Waals surface area contributed by atoms with Crippen LogP contribution in [-0.2, 0) is 17.7 Å². The lowest BCUT2D eigenvalue weighted by Gasteiger charge is -2.13. The number of amides is 1. The average Bonchev–Trinajstić information content (AvgIpc) is 3.16. The maximum atomic E-state index is 13.1. The van der Waals surface area contributed by atoms with E-state index in [9.17, 15) is 14.0 Å². The number of halogens is 1. The van der Waals surface area contributed by atoms with Crippen LogP contribution in [0.4, 0.5) is 10.2 Å². The number of hydrogen-bond donors (Lipinski definition) is 2. The van der Waals surface area contributed by atoms with E-state index in [1.807, 2.05) is 0 Å². The summed E-state index contributed by atoms with van der Waals surface area (Å²) >= 11 is 5.26. The predicted molar refractivity (Wildman–Crippen MR) is 118 cm³/mol.